The van der Waals surface area contributed by atoms with Gasteiger partial charge in [-0.15, -0.1) is 11.3 Å². The van der Waals surface area contributed by atoms with Crippen LogP contribution in [0.3, 0.4) is 0 Å². The van der Waals surface area contributed by atoms with Crippen molar-refractivity contribution in [1.82, 2.24) is 5.32 Å². The van der Waals surface area contributed by atoms with Crippen molar-refractivity contribution in [1.29, 1.82) is 0 Å². The van der Waals surface area contributed by atoms with E-state index in [0.717, 1.165) is 5.56 Å². The molecule has 1 aromatic heterocycles. The van der Waals surface area contributed by atoms with E-state index in [9.17, 15) is 4.79 Å². The second-order valence-electron chi connectivity index (χ2n) is 5.76. The summed E-state index contributed by atoms with van der Waals surface area (Å²) in [6, 6.07) is 1.88. The standard InChI is InChI=1S/C13H21ClN2O2S/c1-12(2,3)18-11(17)16-8-13(4,7-15)9-5-10(14)19-6-9/h5-6H,7-8,15H2,1-4H3,(H,16,17). The summed E-state index contributed by atoms with van der Waals surface area (Å²) in [6.07, 6.45) is -0.437. The molecule has 4 nitrogen and oxygen atoms in total. The van der Waals surface area contributed by atoms with E-state index < -0.39 is 11.7 Å². The molecule has 0 fully saturated rings. The van der Waals surface area contributed by atoms with E-state index in [1.165, 1.54) is 11.3 Å². The lowest BCUT2D eigenvalue weighted by Gasteiger charge is -2.28. The Balaban J connectivity index is 2.65. The van der Waals surface area contributed by atoms with Crippen molar-refractivity contribution in [2.75, 3.05) is 13.1 Å². The summed E-state index contributed by atoms with van der Waals surface area (Å²) in [6.45, 7) is 8.29. The summed E-state index contributed by atoms with van der Waals surface area (Å²) in [7, 11) is 0. The molecule has 19 heavy (non-hydrogen) atoms. The Labute approximate surface area is 123 Å². The van der Waals surface area contributed by atoms with Crippen LogP contribution in [0.2, 0.25) is 4.34 Å². The zero-order valence-corrected chi connectivity index (χ0v) is 13.3. The van der Waals surface area contributed by atoms with Crippen molar-refractivity contribution in [2.45, 2.75) is 38.7 Å². The average molecular weight is 305 g/mol. The molecule has 108 valence electrons. The number of amides is 1. The number of hydrogen-bond donors (Lipinski definition) is 2. The Hall–Kier alpha value is -0.780. The molecule has 1 amide bonds. The molecule has 0 saturated heterocycles. The highest BCUT2D eigenvalue weighted by Gasteiger charge is 2.28. The molecule has 0 bridgehead atoms. The summed E-state index contributed by atoms with van der Waals surface area (Å²) in [5.74, 6) is 0. The van der Waals surface area contributed by atoms with Gasteiger partial charge in [0.05, 0.1) is 4.34 Å². The first kappa shape index (κ1) is 16.3. The Bertz CT molecular complexity index is 442. The predicted octanol–water partition coefficient (Wildman–Crippen LogP) is 3.14. The number of nitrogens with two attached hydrogens (primary N) is 1. The van der Waals surface area contributed by atoms with E-state index in [-0.39, 0.29) is 5.41 Å². The number of hydrogen-bond acceptors (Lipinski definition) is 4. The molecule has 0 aliphatic rings. The second-order valence-corrected chi connectivity index (χ2v) is 7.30. The largest absolute Gasteiger partial charge is 0.444 e. The minimum Gasteiger partial charge on any atom is -0.444 e. The van der Waals surface area contributed by atoms with Crippen molar-refractivity contribution < 1.29 is 9.53 Å². The highest BCUT2D eigenvalue weighted by Crippen LogP contribution is 2.29. The third kappa shape index (κ3) is 5.01. The monoisotopic (exact) mass is 304 g/mol. The lowest BCUT2D eigenvalue weighted by molar-refractivity contribution is 0.0516. The van der Waals surface area contributed by atoms with Crippen LogP contribution in [0.4, 0.5) is 4.79 Å². The molecule has 1 aromatic rings. The van der Waals surface area contributed by atoms with E-state index in [1.54, 1.807) is 0 Å². The van der Waals surface area contributed by atoms with E-state index in [1.807, 2.05) is 39.1 Å². The number of halogens is 1. The fraction of sp³-hybridized carbons (Fsp3) is 0.615. The quantitative estimate of drug-likeness (QED) is 0.898. The van der Waals surface area contributed by atoms with Gasteiger partial charge in [0.2, 0.25) is 0 Å². The van der Waals surface area contributed by atoms with Crippen LogP contribution in [0.5, 0.6) is 0 Å². The molecule has 1 atom stereocenters. The summed E-state index contributed by atoms with van der Waals surface area (Å²) in [5, 5.41) is 4.72. The van der Waals surface area contributed by atoms with Gasteiger partial charge in [0, 0.05) is 18.5 Å². The van der Waals surface area contributed by atoms with E-state index in [2.05, 4.69) is 5.32 Å². The van der Waals surface area contributed by atoms with Crippen LogP contribution in [0, 0.1) is 0 Å². The third-order valence-corrected chi connectivity index (χ3v) is 3.83. The maximum absolute atomic E-state index is 11.7. The van der Waals surface area contributed by atoms with Gasteiger partial charge in [-0.3, -0.25) is 0 Å². The molecule has 0 spiro atoms. The molecule has 1 rings (SSSR count). The van der Waals surface area contributed by atoms with E-state index in [4.69, 9.17) is 22.1 Å². The van der Waals surface area contributed by atoms with Gasteiger partial charge in [-0.25, -0.2) is 4.79 Å². The van der Waals surface area contributed by atoms with Crippen LogP contribution in [-0.4, -0.2) is 24.8 Å². The van der Waals surface area contributed by atoms with Gasteiger partial charge in [0.15, 0.2) is 0 Å². The Morgan fingerprint density at radius 2 is 2.11 bits per heavy atom. The SMILES string of the molecule is CC(C)(C)OC(=O)NCC(C)(CN)c1csc(Cl)c1. The van der Waals surface area contributed by atoms with Gasteiger partial charge in [-0.05, 0) is 37.8 Å². The summed E-state index contributed by atoms with van der Waals surface area (Å²) >= 11 is 7.40. The summed E-state index contributed by atoms with van der Waals surface area (Å²) in [5.41, 5.74) is 6.01. The molecule has 3 N–H and O–H groups in total. The Morgan fingerprint density at radius 3 is 2.53 bits per heavy atom. The average Bonchev–Trinajstić information content (AvgIpc) is 2.71. The molecule has 0 saturated carbocycles. The van der Waals surface area contributed by atoms with E-state index >= 15 is 0 Å². The number of carbonyl (C=O) groups is 1. The van der Waals surface area contributed by atoms with Gasteiger partial charge in [0.1, 0.15) is 5.60 Å². The topological polar surface area (TPSA) is 64.3 Å². The first-order valence-corrected chi connectivity index (χ1v) is 7.33. The zero-order valence-electron chi connectivity index (χ0n) is 11.7. The number of thiophene rings is 1. The van der Waals surface area contributed by atoms with Gasteiger partial charge >= 0.3 is 6.09 Å². The number of alkyl carbamates (subject to hydrolysis) is 1. The van der Waals surface area contributed by atoms with Crippen molar-refractivity contribution >= 4 is 29.0 Å². The molecule has 6 heteroatoms. The van der Waals surface area contributed by atoms with E-state index in [0.29, 0.717) is 17.4 Å². The molecule has 0 radical (unpaired) electrons. The second kappa shape index (κ2) is 6.11. The first-order valence-electron chi connectivity index (χ1n) is 6.08. The number of ether oxygens (including phenoxy) is 1. The van der Waals surface area contributed by atoms with Crippen LogP contribution in [-0.2, 0) is 10.2 Å². The first-order chi connectivity index (χ1) is 8.66. The van der Waals surface area contributed by atoms with Crippen molar-refractivity contribution in [2.24, 2.45) is 5.73 Å². The number of nitrogens with one attached hydrogen (secondary N) is 1. The molecule has 0 aromatic carbocycles. The van der Waals surface area contributed by atoms with Crippen LogP contribution in [0.1, 0.15) is 33.3 Å². The third-order valence-electron chi connectivity index (χ3n) is 2.74. The van der Waals surface area contributed by atoms with Gasteiger partial charge in [-0.1, -0.05) is 18.5 Å². The maximum atomic E-state index is 11.7. The Kier molecular flexibility index (Phi) is 5.24. The van der Waals surface area contributed by atoms with Crippen molar-refractivity contribution in [3.63, 3.8) is 0 Å². The highest BCUT2D eigenvalue weighted by molar-refractivity contribution is 7.14. The summed E-state index contributed by atoms with van der Waals surface area (Å²) < 4.78 is 5.92. The Morgan fingerprint density at radius 1 is 1.47 bits per heavy atom. The lowest BCUT2D eigenvalue weighted by Crippen LogP contribution is -2.45. The number of rotatable bonds is 4. The van der Waals surface area contributed by atoms with Crippen LogP contribution in [0.15, 0.2) is 11.4 Å². The highest BCUT2D eigenvalue weighted by atomic mass is 35.5. The summed E-state index contributed by atoms with van der Waals surface area (Å²) in [4.78, 5) is 11.7. The number of carbonyl (C=O) groups excluding carboxylic acids is 1. The van der Waals surface area contributed by atoms with Gasteiger partial charge in [0.25, 0.3) is 0 Å². The maximum Gasteiger partial charge on any atom is 0.407 e. The fourth-order valence-electron chi connectivity index (χ4n) is 1.50. The smallest absolute Gasteiger partial charge is 0.407 e. The molecular weight excluding hydrogens is 284 g/mol. The molecule has 1 heterocycles. The van der Waals surface area contributed by atoms with Crippen molar-refractivity contribution in [3.8, 4) is 0 Å². The van der Waals surface area contributed by atoms with Crippen LogP contribution < -0.4 is 11.1 Å². The van der Waals surface area contributed by atoms with Crippen LogP contribution in [0.25, 0.3) is 0 Å². The van der Waals surface area contributed by atoms with Crippen molar-refractivity contribution in [3.05, 3.63) is 21.3 Å². The fourth-order valence-corrected chi connectivity index (χ4v) is 2.54. The molecule has 0 aliphatic carbocycles. The van der Waals surface area contributed by atoms with Crippen LogP contribution >= 0.6 is 22.9 Å². The normalized spacial score (nSPS) is 14.8. The predicted molar refractivity (Wildman–Crippen MR) is 80.0 cm³/mol. The lowest BCUT2D eigenvalue weighted by atomic mass is 9.84. The molecule has 1 unspecified atom stereocenters. The van der Waals surface area contributed by atoms with Gasteiger partial charge < -0.3 is 15.8 Å². The molecule has 0 aliphatic heterocycles. The minimum atomic E-state index is -0.505. The minimum absolute atomic E-state index is 0.347. The molecular formula is C13H21ClN2O2S. The van der Waals surface area contributed by atoms with Gasteiger partial charge in [-0.2, -0.15) is 0 Å². The zero-order chi connectivity index (χ0) is 14.7.